The minimum Gasteiger partial charge on any atom is -0.346 e. The molecule has 0 bridgehead atoms. The molecule has 0 saturated carbocycles. The van der Waals surface area contributed by atoms with Gasteiger partial charge in [0, 0.05) is 11.1 Å². The first-order valence-electron chi connectivity index (χ1n) is 4.49. The van der Waals surface area contributed by atoms with Crippen LogP contribution in [0.5, 0.6) is 0 Å². The van der Waals surface area contributed by atoms with Gasteiger partial charge in [-0.2, -0.15) is 0 Å². The highest BCUT2D eigenvalue weighted by Gasteiger charge is 2.11. The normalized spacial score (nSPS) is 12.5. The van der Waals surface area contributed by atoms with Gasteiger partial charge in [0.1, 0.15) is 5.01 Å². The van der Waals surface area contributed by atoms with Crippen molar-refractivity contribution in [3.63, 3.8) is 0 Å². The first-order valence-corrected chi connectivity index (χ1v) is 5.37. The molecule has 0 aliphatic heterocycles. The number of likely N-dealkylation sites (N-methyl/N-ethyl adjacent to an activating group) is 1. The van der Waals surface area contributed by atoms with Crippen LogP contribution in [0.15, 0.2) is 5.38 Å². The molecule has 14 heavy (non-hydrogen) atoms. The van der Waals surface area contributed by atoms with Gasteiger partial charge in [-0.05, 0) is 20.9 Å². The molecule has 0 aromatic carbocycles. The number of hydrogen-bond donors (Lipinski definition) is 2. The van der Waals surface area contributed by atoms with Crippen molar-refractivity contribution < 1.29 is 4.79 Å². The minimum atomic E-state index is -0.00662. The van der Waals surface area contributed by atoms with Crippen molar-refractivity contribution in [2.75, 3.05) is 13.6 Å². The van der Waals surface area contributed by atoms with E-state index in [9.17, 15) is 4.79 Å². The Morgan fingerprint density at radius 2 is 2.43 bits per heavy atom. The molecule has 1 rings (SSSR count). The van der Waals surface area contributed by atoms with Crippen molar-refractivity contribution in [3.05, 3.63) is 16.1 Å². The predicted octanol–water partition coefficient (Wildman–Crippen LogP) is 0.848. The number of carbonyl (C=O) groups excluding carboxylic acids is 1. The summed E-state index contributed by atoms with van der Waals surface area (Å²) in [5.74, 6) is -0.00662. The molecule has 0 fully saturated rings. The maximum absolute atomic E-state index is 11.2. The Hall–Kier alpha value is -0.940. The minimum absolute atomic E-state index is 0.00505. The van der Waals surface area contributed by atoms with Gasteiger partial charge in [-0.25, -0.2) is 4.98 Å². The number of nitrogens with one attached hydrogen (secondary N) is 2. The van der Waals surface area contributed by atoms with Gasteiger partial charge in [0.05, 0.1) is 12.6 Å². The van der Waals surface area contributed by atoms with Crippen LogP contribution < -0.4 is 10.6 Å². The average molecular weight is 213 g/mol. The van der Waals surface area contributed by atoms with E-state index in [1.807, 2.05) is 19.2 Å². The van der Waals surface area contributed by atoms with Gasteiger partial charge in [0.25, 0.3) is 0 Å². The summed E-state index contributed by atoms with van der Waals surface area (Å²) in [5, 5.41) is 8.59. The van der Waals surface area contributed by atoms with Crippen LogP contribution in [0.4, 0.5) is 0 Å². The number of carbonyl (C=O) groups is 1. The molecule has 5 heteroatoms. The van der Waals surface area contributed by atoms with Crippen molar-refractivity contribution in [1.82, 2.24) is 15.6 Å². The molecule has 0 saturated heterocycles. The standard InChI is InChI=1S/C9H15N3OS/c1-6-5-14-9(11-6)7(2)12-8(13)4-10-3/h5,7,10H,4H2,1-3H3,(H,12,13). The van der Waals surface area contributed by atoms with Gasteiger partial charge in [-0.3, -0.25) is 4.79 Å². The van der Waals surface area contributed by atoms with Crippen LogP contribution in [0.2, 0.25) is 0 Å². The van der Waals surface area contributed by atoms with Crippen LogP contribution in [0.1, 0.15) is 23.7 Å². The number of rotatable bonds is 4. The lowest BCUT2D eigenvalue weighted by Gasteiger charge is -2.10. The first kappa shape index (κ1) is 11.1. The lowest BCUT2D eigenvalue weighted by atomic mass is 10.3. The molecule has 1 aromatic heterocycles. The zero-order valence-corrected chi connectivity index (χ0v) is 9.44. The maximum Gasteiger partial charge on any atom is 0.234 e. The number of hydrogen-bond acceptors (Lipinski definition) is 4. The van der Waals surface area contributed by atoms with Gasteiger partial charge in [0.15, 0.2) is 0 Å². The Kier molecular flexibility index (Phi) is 4.03. The molecule has 2 N–H and O–H groups in total. The summed E-state index contributed by atoms with van der Waals surface area (Å²) in [6, 6.07) is -0.00505. The lowest BCUT2D eigenvalue weighted by Crippen LogP contribution is -2.33. The summed E-state index contributed by atoms with van der Waals surface area (Å²) >= 11 is 1.57. The fourth-order valence-corrected chi connectivity index (χ4v) is 1.89. The van der Waals surface area contributed by atoms with Crippen LogP contribution in [0, 0.1) is 6.92 Å². The quantitative estimate of drug-likeness (QED) is 0.779. The fraction of sp³-hybridized carbons (Fsp3) is 0.556. The van der Waals surface area contributed by atoms with Gasteiger partial charge in [-0.15, -0.1) is 11.3 Å². The zero-order valence-electron chi connectivity index (χ0n) is 8.63. The van der Waals surface area contributed by atoms with E-state index in [1.165, 1.54) is 0 Å². The Morgan fingerprint density at radius 3 is 2.93 bits per heavy atom. The van der Waals surface area contributed by atoms with E-state index in [0.717, 1.165) is 10.7 Å². The van der Waals surface area contributed by atoms with E-state index in [4.69, 9.17) is 0 Å². The molecular weight excluding hydrogens is 198 g/mol. The monoisotopic (exact) mass is 213 g/mol. The molecule has 0 aliphatic carbocycles. The molecule has 0 aliphatic rings. The van der Waals surface area contributed by atoms with Crippen molar-refractivity contribution in [3.8, 4) is 0 Å². The van der Waals surface area contributed by atoms with Crippen LogP contribution in [-0.2, 0) is 4.79 Å². The predicted molar refractivity (Wildman–Crippen MR) is 57.3 cm³/mol. The Bertz CT molecular complexity index is 311. The average Bonchev–Trinajstić information content (AvgIpc) is 2.52. The molecule has 78 valence electrons. The van der Waals surface area contributed by atoms with Crippen LogP contribution >= 0.6 is 11.3 Å². The van der Waals surface area contributed by atoms with Crippen molar-refractivity contribution >= 4 is 17.2 Å². The number of amides is 1. The van der Waals surface area contributed by atoms with Crippen molar-refractivity contribution in [2.24, 2.45) is 0 Å². The Labute approximate surface area is 87.7 Å². The second-order valence-corrected chi connectivity index (χ2v) is 4.04. The third-order valence-electron chi connectivity index (χ3n) is 1.72. The highest BCUT2D eigenvalue weighted by atomic mass is 32.1. The summed E-state index contributed by atoms with van der Waals surface area (Å²) < 4.78 is 0. The van der Waals surface area contributed by atoms with E-state index < -0.39 is 0 Å². The lowest BCUT2D eigenvalue weighted by molar-refractivity contribution is -0.120. The largest absolute Gasteiger partial charge is 0.346 e. The molecule has 1 unspecified atom stereocenters. The molecular formula is C9H15N3OS. The molecule has 1 atom stereocenters. The van der Waals surface area contributed by atoms with Gasteiger partial charge < -0.3 is 10.6 Å². The smallest absolute Gasteiger partial charge is 0.234 e. The Balaban J connectivity index is 2.50. The molecule has 0 spiro atoms. The first-order chi connectivity index (χ1) is 6.63. The van der Waals surface area contributed by atoms with Gasteiger partial charge >= 0.3 is 0 Å². The third kappa shape index (κ3) is 3.08. The third-order valence-corrected chi connectivity index (χ3v) is 2.87. The zero-order chi connectivity index (χ0) is 10.6. The van der Waals surface area contributed by atoms with Gasteiger partial charge in [-0.1, -0.05) is 0 Å². The maximum atomic E-state index is 11.2. The van der Waals surface area contributed by atoms with Gasteiger partial charge in [0.2, 0.25) is 5.91 Å². The molecule has 4 nitrogen and oxygen atoms in total. The van der Waals surface area contributed by atoms with E-state index in [1.54, 1.807) is 18.4 Å². The number of nitrogens with zero attached hydrogens (tertiary/aromatic N) is 1. The molecule has 0 radical (unpaired) electrons. The molecule has 1 amide bonds. The second-order valence-electron chi connectivity index (χ2n) is 3.15. The second kappa shape index (κ2) is 5.07. The number of aryl methyl sites for hydroxylation is 1. The van der Waals surface area contributed by atoms with Crippen LogP contribution in [-0.4, -0.2) is 24.5 Å². The van der Waals surface area contributed by atoms with E-state index >= 15 is 0 Å². The van der Waals surface area contributed by atoms with E-state index in [2.05, 4.69) is 15.6 Å². The highest BCUT2D eigenvalue weighted by Crippen LogP contribution is 2.16. The van der Waals surface area contributed by atoms with Crippen molar-refractivity contribution in [1.29, 1.82) is 0 Å². The van der Waals surface area contributed by atoms with E-state index in [-0.39, 0.29) is 11.9 Å². The SMILES string of the molecule is CNCC(=O)NC(C)c1nc(C)cs1. The van der Waals surface area contributed by atoms with Crippen LogP contribution in [0.25, 0.3) is 0 Å². The molecule has 1 heterocycles. The number of thiazole rings is 1. The van der Waals surface area contributed by atoms with E-state index in [0.29, 0.717) is 6.54 Å². The molecule has 1 aromatic rings. The van der Waals surface area contributed by atoms with Crippen LogP contribution in [0.3, 0.4) is 0 Å². The summed E-state index contributed by atoms with van der Waals surface area (Å²) in [6.45, 7) is 4.22. The highest BCUT2D eigenvalue weighted by molar-refractivity contribution is 7.09. The topological polar surface area (TPSA) is 54.0 Å². The summed E-state index contributed by atoms with van der Waals surface area (Å²) in [7, 11) is 1.75. The summed E-state index contributed by atoms with van der Waals surface area (Å²) in [6.07, 6.45) is 0. The summed E-state index contributed by atoms with van der Waals surface area (Å²) in [4.78, 5) is 15.5. The summed E-state index contributed by atoms with van der Waals surface area (Å²) in [5.41, 5.74) is 1.000. The number of aromatic nitrogens is 1. The Morgan fingerprint density at radius 1 is 1.71 bits per heavy atom. The fourth-order valence-electron chi connectivity index (χ4n) is 1.09. The van der Waals surface area contributed by atoms with Crippen molar-refractivity contribution in [2.45, 2.75) is 19.9 Å².